The molecule has 0 unspecified atom stereocenters. The third-order valence-electron chi connectivity index (χ3n) is 4.18. The fourth-order valence-electron chi connectivity index (χ4n) is 3.02. The number of methoxy groups -OCH3 is 2. The molecule has 0 atom stereocenters. The van der Waals surface area contributed by atoms with Crippen LogP contribution in [0.2, 0.25) is 10.0 Å². The van der Waals surface area contributed by atoms with Crippen molar-refractivity contribution < 1.29 is 22.7 Å². The summed E-state index contributed by atoms with van der Waals surface area (Å²) in [6.45, 7) is 4.95. The molecule has 2 rings (SSSR count). The molecule has 152 valence electrons. The molecule has 9 heteroatoms. The number of nitrogens with zero attached hydrogens (tertiary/aromatic N) is 1. The third-order valence-corrected chi connectivity index (χ3v) is 6.95. The maximum Gasteiger partial charge on any atom is 0.326 e. The zero-order valence-electron chi connectivity index (χ0n) is 16.2. The van der Waals surface area contributed by atoms with Crippen molar-refractivity contribution in [3.63, 3.8) is 0 Å². The van der Waals surface area contributed by atoms with Crippen LogP contribution in [0.15, 0.2) is 29.2 Å². The minimum absolute atomic E-state index is 0.0272. The van der Waals surface area contributed by atoms with E-state index in [2.05, 4.69) is 0 Å². The second-order valence-electron chi connectivity index (χ2n) is 6.23. The largest absolute Gasteiger partial charge is 0.495 e. The van der Waals surface area contributed by atoms with Gasteiger partial charge < -0.3 is 9.47 Å². The molecule has 0 saturated carbocycles. The van der Waals surface area contributed by atoms with E-state index in [0.717, 1.165) is 9.87 Å². The zero-order valence-corrected chi connectivity index (χ0v) is 18.5. The second-order valence-corrected chi connectivity index (χ2v) is 8.82. The number of hydrogen-bond donors (Lipinski definition) is 0. The van der Waals surface area contributed by atoms with Gasteiger partial charge in [0.25, 0.3) is 10.0 Å². The van der Waals surface area contributed by atoms with Crippen molar-refractivity contribution in [1.82, 2.24) is 0 Å². The Morgan fingerprint density at radius 2 is 1.61 bits per heavy atom. The molecule has 0 aliphatic heterocycles. The first-order valence-electron chi connectivity index (χ1n) is 8.24. The van der Waals surface area contributed by atoms with Crippen LogP contribution in [0, 0.1) is 20.8 Å². The third kappa shape index (κ3) is 4.21. The summed E-state index contributed by atoms with van der Waals surface area (Å²) < 4.78 is 37.7. The van der Waals surface area contributed by atoms with Crippen LogP contribution in [0.4, 0.5) is 5.69 Å². The van der Waals surface area contributed by atoms with Crippen LogP contribution in [0.1, 0.15) is 16.7 Å². The highest BCUT2D eigenvalue weighted by atomic mass is 35.5. The number of rotatable bonds is 6. The number of sulfonamides is 1. The summed E-state index contributed by atoms with van der Waals surface area (Å²) in [5, 5.41) is -0.209. The van der Waals surface area contributed by atoms with Crippen molar-refractivity contribution in [1.29, 1.82) is 0 Å². The van der Waals surface area contributed by atoms with Crippen molar-refractivity contribution in [2.75, 3.05) is 25.1 Å². The topological polar surface area (TPSA) is 72.9 Å². The second kappa shape index (κ2) is 8.59. The van der Waals surface area contributed by atoms with E-state index in [1.807, 2.05) is 19.1 Å². The van der Waals surface area contributed by atoms with E-state index >= 15 is 0 Å². The summed E-state index contributed by atoms with van der Waals surface area (Å²) in [6.07, 6.45) is 0. The van der Waals surface area contributed by atoms with E-state index < -0.39 is 22.5 Å². The van der Waals surface area contributed by atoms with Crippen LogP contribution in [0.25, 0.3) is 0 Å². The highest BCUT2D eigenvalue weighted by Crippen LogP contribution is 2.39. The van der Waals surface area contributed by atoms with Gasteiger partial charge in [0.05, 0.1) is 24.9 Å². The van der Waals surface area contributed by atoms with Gasteiger partial charge in [-0.3, -0.25) is 9.10 Å². The average Bonchev–Trinajstić information content (AvgIpc) is 2.61. The standard InChI is InChI=1S/C19H21Cl2NO5S/c1-11-8-12(2)19(13(3)9-11)22(10-16(23)27-5)28(24,25)15-7-6-14(26-4)17(20)18(15)21/h6-9H,10H2,1-5H3. The lowest BCUT2D eigenvalue weighted by Crippen LogP contribution is -2.37. The number of hydrogen-bond acceptors (Lipinski definition) is 5. The lowest BCUT2D eigenvalue weighted by Gasteiger charge is -2.27. The quantitative estimate of drug-likeness (QED) is 0.619. The van der Waals surface area contributed by atoms with Crippen molar-refractivity contribution in [2.45, 2.75) is 25.7 Å². The van der Waals surface area contributed by atoms with Crippen LogP contribution in [0.3, 0.4) is 0 Å². The minimum Gasteiger partial charge on any atom is -0.495 e. The SMILES string of the molecule is COC(=O)CN(c1c(C)cc(C)cc1C)S(=O)(=O)c1ccc(OC)c(Cl)c1Cl. The van der Waals surface area contributed by atoms with Gasteiger partial charge in [-0.15, -0.1) is 0 Å². The van der Waals surface area contributed by atoms with E-state index in [1.165, 1.54) is 26.4 Å². The van der Waals surface area contributed by atoms with Crippen molar-refractivity contribution >= 4 is 44.9 Å². The molecule has 0 N–H and O–H groups in total. The molecule has 0 aliphatic carbocycles. The van der Waals surface area contributed by atoms with E-state index in [0.29, 0.717) is 16.8 Å². The van der Waals surface area contributed by atoms with Gasteiger partial charge in [-0.2, -0.15) is 0 Å². The summed E-state index contributed by atoms with van der Waals surface area (Å²) in [4.78, 5) is 11.8. The number of ether oxygens (including phenoxy) is 2. The fourth-order valence-corrected chi connectivity index (χ4v) is 5.38. The molecule has 0 saturated heterocycles. The predicted molar refractivity (Wildman–Crippen MR) is 110 cm³/mol. The van der Waals surface area contributed by atoms with Crippen molar-refractivity contribution in [3.8, 4) is 5.75 Å². The Bertz CT molecular complexity index is 998. The normalized spacial score (nSPS) is 11.2. The van der Waals surface area contributed by atoms with Gasteiger partial charge >= 0.3 is 5.97 Å². The molecule has 6 nitrogen and oxygen atoms in total. The molecule has 2 aromatic rings. The molecule has 28 heavy (non-hydrogen) atoms. The van der Waals surface area contributed by atoms with Gasteiger partial charge in [-0.1, -0.05) is 40.9 Å². The van der Waals surface area contributed by atoms with E-state index in [-0.39, 0.29) is 20.7 Å². The Morgan fingerprint density at radius 3 is 2.11 bits per heavy atom. The molecule has 0 fully saturated rings. The lowest BCUT2D eigenvalue weighted by molar-refractivity contribution is -0.138. The van der Waals surface area contributed by atoms with Gasteiger partial charge in [0.15, 0.2) is 0 Å². The highest BCUT2D eigenvalue weighted by Gasteiger charge is 2.32. The smallest absolute Gasteiger partial charge is 0.326 e. The van der Waals surface area contributed by atoms with E-state index in [4.69, 9.17) is 32.7 Å². The Balaban J connectivity index is 2.74. The average molecular weight is 446 g/mol. The predicted octanol–water partition coefficient (Wildman–Crippen LogP) is 4.30. The number of benzene rings is 2. The first-order valence-corrected chi connectivity index (χ1v) is 10.4. The Kier molecular flexibility index (Phi) is 6.85. The van der Waals surface area contributed by atoms with Gasteiger partial charge in [0, 0.05) is 0 Å². The van der Waals surface area contributed by atoms with Crippen molar-refractivity contribution in [2.24, 2.45) is 0 Å². The number of aryl methyl sites for hydroxylation is 3. The molecular weight excluding hydrogens is 425 g/mol. The van der Waals surface area contributed by atoms with Gasteiger partial charge in [0.1, 0.15) is 22.2 Å². The molecule has 0 heterocycles. The van der Waals surface area contributed by atoms with E-state index in [9.17, 15) is 13.2 Å². The van der Waals surface area contributed by atoms with Crippen LogP contribution >= 0.6 is 23.2 Å². The Labute approximate surface area is 175 Å². The maximum absolute atomic E-state index is 13.5. The molecule has 0 spiro atoms. The summed E-state index contributed by atoms with van der Waals surface area (Å²) >= 11 is 12.4. The zero-order chi connectivity index (χ0) is 21.2. The Morgan fingerprint density at radius 1 is 1.04 bits per heavy atom. The van der Waals surface area contributed by atoms with Gasteiger partial charge in [-0.25, -0.2) is 8.42 Å². The summed E-state index contributed by atoms with van der Waals surface area (Å²) in [6, 6.07) is 6.38. The van der Waals surface area contributed by atoms with Crippen LogP contribution in [-0.2, 0) is 19.6 Å². The Hall–Kier alpha value is -1.96. The number of carbonyl (C=O) groups is 1. The molecular formula is C19H21Cl2NO5S. The molecule has 0 bridgehead atoms. The van der Waals surface area contributed by atoms with E-state index in [1.54, 1.807) is 13.8 Å². The fraction of sp³-hybridized carbons (Fsp3) is 0.316. The number of anilines is 1. The number of esters is 1. The van der Waals surface area contributed by atoms with Gasteiger partial charge in [-0.05, 0) is 44.0 Å². The van der Waals surface area contributed by atoms with Crippen LogP contribution in [-0.4, -0.2) is 35.2 Å². The molecule has 0 amide bonds. The van der Waals surface area contributed by atoms with Crippen molar-refractivity contribution in [3.05, 3.63) is 51.0 Å². The summed E-state index contributed by atoms with van der Waals surface area (Å²) in [5.41, 5.74) is 2.75. The first-order chi connectivity index (χ1) is 13.0. The molecule has 0 radical (unpaired) electrons. The summed E-state index contributed by atoms with van der Waals surface area (Å²) in [7, 11) is -1.64. The molecule has 2 aromatic carbocycles. The first kappa shape index (κ1) is 22.3. The number of halogens is 2. The highest BCUT2D eigenvalue weighted by molar-refractivity contribution is 7.93. The molecule has 0 aromatic heterocycles. The summed E-state index contributed by atoms with van der Waals surface area (Å²) in [5.74, 6) is -0.466. The maximum atomic E-state index is 13.5. The number of carbonyl (C=O) groups excluding carboxylic acids is 1. The molecule has 0 aliphatic rings. The lowest BCUT2D eigenvalue weighted by atomic mass is 10.1. The minimum atomic E-state index is -4.23. The van der Waals surface area contributed by atoms with Gasteiger partial charge in [0.2, 0.25) is 0 Å². The van der Waals surface area contributed by atoms with Crippen LogP contribution < -0.4 is 9.04 Å². The monoisotopic (exact) mass is 445 g/mol. The van der Waals surface area contributed by atoms with Crippen LogP contribution in [0.5, 0.6) is 5.75 Å².